The Morgan fingerprint density at radius 1 is 1.17 bits per heavy atom. The molecule has 0 aliphatic rings. The number of carbonyl (C=O) groups is 1. The van der Waals surface area contributed by atoms with Crippen LogP contribution in [0.4, 0.5) is 0 Å². The second-order valence-electron chi connectivity index (χ2n) is 5.83. The molecule has 1 atom stereocenters. The molecule has 2 aromatic carbocycles. The molecule has 128 valence electrons. The van der Waals surface area contributed by atoms with Crippen LogP contribution in [0.2, 0.25) is 10.0 Å². The molecule has 2 N–H and O–H groups in total. The fraction of sp³-hybridized carbons (Fsp3) is 0.278. The summed E-state index contributed by atoms with van der Waals surface area (Å²) in [6.07, 6.45) is 0.401. The van der Waals surface area contributed by atoms with Crippen molar-refractivity contribution in [2.45, 2.75) is 18.9 Å². The van der Waals surface area contributed by atoms with Crippen LogP contribution in [0, 0.1) is 0 Å². The average molecular weight is 368 g/mol. The number of amides is 1. The van der Waals surface area contributed by atoms with E-state index < -0.39 is 5.60 Å². The first-order valence-corrected chi connectivity index (χ1v) is 8.15. The van der Waals surface area contributed by atoms with E-state index in [2.05, 4.69) is 5.32 Å². The predicted molar refractivity (Wildman–Crippen MR) is 96.1 cm³/mol. The maximum absolute atomic E-state index is 12.2. The average Bonchev–Trinajstić information content (AvgIpc) is 2.55. The summed E-state index contributed by atoms with van der Waals surface area (Å²) in [6, 6.07) is 12.1. The molecule has 4 nitrogen and oxygen atoms in total. The monoisotopic (exact) mass is 367 g/mol. The van der Waals surface area contributed by atoms with Gasteiger partial charge < -0.3 is 15.2 Å². The lowest BCUT2D eigenvalue weighted by Crippen LogP contribution is -2.42. The van der Waals surface area contributed by atoms with E-state index in [4.69, 9.17) is 27.9 Å². The van der Waals surface area contributed by atoms with Crippen LogP contribution in [-0.2, 0) is 6.42 Å². The first-order valence-electron chi connectivity index (χ1n) is 7.39. The van der Waals surface area contributed by atoms with Gasteiger partial charge in [0.15, 0.2) is 0 Å². The molecule has 2 aromatic rings. The Bertz CT molecular complexity index is 715. The highest BCUT2D eigenvalue weighted by molar-refractivity contribution is 6.42. The van der Waals surface area contributed by atoms with Gasteiger partial charge in [-0.25, -0.2) is 0 Å². The Labute approximate surface area is 151 Å². The zero-order valence-corrected chi connectivity index (χ0v) is 15.0. The molecule has 0 aromatic heterocycles. The van der Waals surface area contributed by atoms with Gasteiger partial charge in [0.05, 0.1) is 22.8 Å². The summed E-state index contributed by atoms with van der Waals surface area (Å²) in [6.45, 7) is 1.78. The molecular weight excluding hydrogens is 349 g/mol. The molecule has 0 aliphatic carbocycles. The van der Waals surface area contributed by atoms with E-state index >= 15 is 0 Å². The molecule has 1 amide bonds. The Hall–Kier alpha value is -1.75. The van der Waals surface area contributed by atoms with Crippen molar-refractivity contribution in [1.82, 2.24) is 5.32 Å². The summed E-state index contributed by atoms with van der Waals surface area (Å²) in [7, 11) is 1.60. The summed E-state index contributed by atoms with van der Waals surface area (Å²) in [5.41, 5.74) is 0.259. The molecule has 6 heteroatoms. The SMILES string of the molecule is COc1ccc(CC(C)(O)CNC(=O)c2ccc(Cl)c(Cl)c2)cc1. The standard InChI is InChI=1S/C18H19Cl2NO3/c1-18(23,10-12-3-6-14(24-2)7-4-12)11-21-17(22)13-5-8-15(19)16(20)9-13/h3-9,23H,10-11H2,1-2H3,(H,21,22). The molecule has 0 saturated heterocycles. The Balaban J connectivity index is 1.95. The minimum atomic E-state index is -1.08. The summed E-state index contributed by atoms with van der Waals surface area (Å²) >= 11 is 11.7. The largest absolute Gasteiger partial charge is 0.497 e. The zero-order chi connectivity index (χ0) is 17.7. The number of nitrogens with one attached hydrogen (secondary N) is 1. The number of benzene rings is 2. The van der Waals surface area contributed by atoms with E-state index in [9.17, 15) is 9.90 Å². The van der Waals surface area contributed by atoms with Crippen LogP contribution in [0.25, 0.3) is 0 Å². The molecule has 0 radical (unpaired) electrons. The molecule has 24 heavy (non-hydrogen) atoms. The number of rotatable bonds is 6. The van der Waals surface area contributed by atoms with Crippen molar-refractivity contribution in [2.75, 3.05) is 13.7 Å². The van der Waals surface area contributed by atoms with E-state index in [1.54, 1.807) is 26.2 Å². The third kappa shape index (κ3) is 5.13. The van der Waals surface area contributed by atoms with Crippen LogP contribution in [-0.4, -0.2) is 30.3 Å². The number of aliphatic hydroxyl groups is 1. The van der Waals surface area contributed by atoms with Crippen molar-refractivity contribution < 1.29 is 14.6 Å². The minimum Gasteiger partial charge on any atom is -0.497 e. The van der Waals surface area contributed by atoms with Crippen molar-refractivity contribution in [3.8, 4) is 5.75 Å². The molecule has 2 rings (SSSR count). The molecule has 0 fully saturated rings. The normalized spacial score (nSPS) is 13.2. The van der Waals surface area contributed by atoms with E-state index in [1.165, 1.54) is 6.07 Å². The van der Waals surface area contributed by atoms with Gasteiger partial charge in [-0.3, -0.25) is 4.79 Å². The first-order chi connectivity index (χ1) is 11.3. The second kappa shape index (κ2) is 7.88. The number of hydrogen-bond donors (Lipinski definition) is 2. The van der Waals surface area contributed by atoms with Crippen LogP contribution in [0.1, 0.15) is 22.8 Å². The molecule has 0 aliphatic heterocycles. The van der Waals surface area contributed by atoms with Crippen molar-refractivity contribution in [1.29, 1.82) is 0 Å². The van der Waals surface area contributed by atoms with Crippen LogP contribution in [0.3, 0.4) is 0 Å². The fourth-order valence-corrected chi connectivity index (χ4v) is 2.55. The molecule has 0 spiro atoms. The maximum atomic E-state index is 12.2. The summed E-state index contributed by atoms with van der Waals surface area (Å²) in [5.74, 6) is 0.440. The van der Waals surface area contributed by atoms with Gasteiger partial charge in [-0.15, -0.1) is 0 Å². The number of halogens is 2. The highest BCUT2D eigenvalue weighted by atomic mass is 35.5. The van der Waals surface area contributed by atoms with Gasteiger partial charge in [-0.05, 0) is 42.8 Å². The van der Waals surface area contributed by atoms with E-state index in [1.807, 2.05) is 24.3 Å². The van der Waals surface area contributed by atoms with Crippen LogP contribution < -0.4 is 10.1 Å². The van der Waals surface area contributed by atoms with Crippen molar-refractivity contribution in [2.24, 2.45) is 0 Å². The highest BCUT2D eigenvalue weighted by Gasteiger charge is 2.22. The van der Waals surface area contributed by atoms with E-state index in [-0.39, 0.29) is 12.5 Å². The van der Waals surface area contributed by atoms with Gasteiger partial charge in [-0.1, -0.05) is 35.3 Å². The van der Waals surface area contributed by atoms with Gasteiger partial charge in [0.25, 0.3) is 5.91 Å². The predicted octanol–water partition coefficient (Wildman–Crippen LogP) is 3.73. The third-order valence-corrected chi connectivity index (χ3v) is 4.29. The highest BCUT2D eigenvalue weighted by Crippen LogP contribution is 2.22. The van der Waals surface area contributed by atoms with Crippen molar-refractivity contribution >= 4 is 29.1 Å². The lowest BCUT2D eigenvalue weighted by atomic mass is 9.96. The number of ether oxygens (including phenoxy) is 1. The molecule has 1 unspecified atom stereocenters. The quantitative estimate of drug-likeness (QED) is 0.817. The number of carbonyl (C=O) groups excluding carboxylic acids is 1. The molecule has 0 bridgehead atoms. The van der Waals surface area contributed by atoms with E-state index in [0.717, 1.165) is 11.3 Å². The Morgan fingerprint density at radius 3 is 2.42 bits per heavy atom. The lowest BCUT2D eigenvalue weighted by molar-refractivity contribution is 0.0552. The summed E-state index contributed by atoms with van der Waals surface area (Å²) in [4.78, 5) is 12.2. The summed E-state index contributed by atoms with van der Waals surface area (Å²) in [5, 5.41) is 13.9. The fourth-order valence-electron chi connectivity index (χ4n) is 2.26. The van der Waals surface area contributed by atoms with Crippen LogP contribution in [0.5, 0.6) is 5.75 Å². The smallest absolute Gasteiger partial charge is 0.251 e. The van der Waals surface area contributed by atoms with Crippen LogP contribution >= 0.6 is 23.2 Å². The maximum Gasteiger partial charge on any atom is 0.251 e. The van der Waals surface area contributed by atoms with Gasteiger partial charge in [0.1, 0.15) is 5.75 Å². The minimum absolute atomic E-state index is 0.109. The number of methoxy groups -OCH3 is 1. The topological polar surface area (TPSA) is 58.6 Å². The molecule has 0 heterocycles. The molecular formula is C18H19Cl2NO3. The van der Waals surface area contributed by atoms with Crippen molar-refractivity contribution in [3.05, 3.63) is 63.6 Å². The van der Waals surface area contributed by atoms with Gasteiger partial charge in [0.2, 0.25) is 0 Å². The van der Waals surface area contributed by atoms with Gasteiger partial charge in [-0.2, -0.15) is 0 Å². The third-order valence-electron chi connectivity index (χ3n) is 3.56. The van der Waals surface area contributed by atoms with Crippen LogP contribution in [0.15, 0.2) is 42.5 Å². The second-order valence-corrected chi connectivity index (χ2v) is 6.65. The van der Waals surface area contributed by atoms with Gasteiger partial charge >= 0.3 is 0 Å². The Kier molecular flexibility index (Phi) is 6.10. The van der Waals surface area contributed by atoms with Gasteiger partial charge in [0, 0.05) is 18.5 Å². The molecule has 0 saturated carbocycles. The zero-order valence-electron chi connectivity index (χ0n) is 13.5. The number of hydrogen-bond acceptors (Lipinski definition) is 3. The van der Waals surface area contributed by atoms with Crippen molar-refractivity contribution in [3.63, 3.8) is 0 Å². The van der Waals surface area contributed by atoms with E-state index in [0.29, 0.717) is 22.0 Å². The first kappa shape index (κ1) is 18.6. The lowest BCUT2D eigenvalue weighted by Gasteiger charge is -2.24. The Morgan fingerprint density at radius 2 is 1.83 bits per heavy atom. The summed E-state index contributed by atoms with van der Waals surface area (Å²) < 4.78 is 5.11.